The van der Waals surface area contributed by atoms with Crippen LogP contribution in [0, 0.1) is 10.8 Å². The summed E-state index contributed by atoms with van der Waals surface area (Å²) in [6.45, 7) is 14.4. The minimum Gasteiger partial charge on any atom is -0.0654 e. The summed E-state index contributed by atoms with van der Waals surface area (Å²) in [7, 11) is 0. The number of rotatable bonds is 10. The van der Waals surface area contributed by atoms with Crippen LogP contribution in [0.15, 0.2) is 0 Å². The van der Waals surface area contributed by atoms with E-state index in [-0.39, 0.29) is 0 Å². The summed E-state index contributed by atoms with van der Waals surface area (Å²) < 4.78 is 0. The zero-order valence-electron chi connectivity index (χ0n) is 13.4. The molecule has 0 aliphatic heterocycles. The predicted octanol–water partition coefficient (Wildman–Crippen LogP) is 6.59. The highest BCUT2D eigenvalue weighted by Crippen LogP contribution is 2.50. The summed E-state index contributed by atoms with van der Waals surface area (Å²) in [6, 6.07) is 0. The van der Waals surface area contributed by atoms with Gasteiger partial charge in [-0.05, 0) is 30.1 Å². The van der Waals surface area contributed by atoms with Gasteiger partial charge in [0.2, 0.25) is 0 Å². The minimum absolute atomic E-state index is 0.501. The molecule has 17 heavy (non-hydrogen) atoms. The predicted molar refractivity (Wildman–Crippen MR) is 80.5 cm³/mol. The lowest BCUT2D eigenvalue weighted by Crippen LogP contribution is -2.36. The Morgan fingerprint density at radius 2 is 1.18 bits per heavy atom. The molecule has 0 N–H and O–H groups in total. The maximum Gasteiger partial charge on any atom is -0.0252 e. The van der Waals surface area contributed by atoms with Crippen LogP contribution >= 0.6 is 0 Å². The van der Waals surface area contributed by atoms with Gasteiger partial charge in [-0.2, -0.15) is 0 Å². The average molecular weight is 240 g/mol. The van der Waals surface area contributed by atoms with Crippen LogP contribution in [0.4, 0.5) is 0 Å². The van der Waals surface area contributed by atoms with Gasteiger partial charge in [0.25, 0.3) is 0 Å². The molecule has 0 spiro atoms. The van der Waals surface area contributed by atoms with Crippen LogP contribution in [0.2, 0.25) is 0 Å². The molecule has 0 heteroatoms. The standard InChI is InChI=1S/C17H36/c1-7-11-12-13-14-15-17(9-3,10-4)16(5,6)8-2/h7-15H2,1-6H3. The summed E-state index contributed by atoms with van der Waals surface area (Å²) in [5.41, 5.74) is 1.08. The largest absolute Gasteiger partial charge is 0.0654 e. The van der Waals surface area contributed by atoms with E-state index >= 15 is 0 Å². The third kappa shape index (κ3) is 4.64. The third-order valence-electron chi connectivity index (χ3n) is 5.43. The average Bonchev–Trinajstić information content (AvgIpc) is 2.34. The van der Waals surface area contributed by atoms with Gasteiger partial charge in [-0.15, -0.1) is 0 Å². The zero-order chi connectivity index (χ0) is 13.4. The van der Waals surface area contributed by atoms with Crippen molar-refractivity contribution < 1.29 is 0 Å². The SMILES string of the molecule is CCCCCCCC(CC)(CC)C(C)(C)CC. The van der Waals surface area contributed by atoms with Crippen LogP contribution in [-0.2, 0) is 0 Å². The Bertz CT molecular complexity index is 174. The van der Waals surface area contributed by atoms with E-state index in [9.17, 15) is 0 Å². The molecule has 0 saturated heterocycles. The van der Waals surface area contributed by atoms with E-state index in [0.29, 0.717) is 10.8 Å². The number of unbranched alkanes of at least 4 members (excludes halogenated alkanes) is 4. The van der Waals surface area contributed by atoms with Crippen molar-refractivity contribution in [2.24, 2.45) is 10.8 Å². The maximum absolute atomic E-state index is 2.48. The lowest BCUT2D eigenvalue weighted by molar-refractivity contribution is 0.0398. The van der Waals surface area contributed by atoms with Crippen molar-refractivity contribution in [3.05, 3.63) is 0 Å². The van der Waals surface area contributed by atoms with Crippen molar-refractivity contribution in [1.29, 1.82) is 0 Å². The fourth-order valence-corrected chi connectivity index (χ4v) is 3.34. The molecule has 0 bridgehead atoms. The summed E-state index contributed by atoms with van der Waals surface area (Å²) in [4.78, 5) is 0. The first-order chi connectivity index (χ1) is 7.99. The summed E-state index contributed by atoms with van der Waals surface area (Å²) >= 11 is 0. The van der Waals surface area contributed by atoms with Crippen LogP contribution in [0.3, 0.4) is 0 Å². The molecule has 0 heterocycles. The van der Waals surface area contributed by atoms with Gasteiger partial charge in [-0.1, -0.05) is 80.1 Å². The Hall–Kier alpha value is 0. The number of hydrogen-bond donors (Lipinski definition) is 0. The van der Waals surface area contributed by atoms with Crippen molar-refractivity contribution in [1.82, 2.24) is 0 Å². The molecular weight excluding hydrogens is 204 g/mol. The van der Waals surface area contributed by atoms with E-state index in [4.69, 9.17) is 0 Å². The van der Waals surface area contributed by atoms with E-state index < -0.39 is 0 Å². The summed E-state index contributed by atoms with van der Waals surface area (Å²) in [5.74, 6) is 0. The molecule has 104 valence electrons. The molecule has 0 saturated carbocycles. The first kappa shape index (κ1) is 17.0. The molecule has 0 amide bonds. The molecule has 0 fully saturated rings. The van der Waals surface area contributed by atoms with E-state index in [2.05, 4.69) is 41.5 Å². The summed E-state index contributed by atoms with van der Waals surface area (Å²) in [6.07, 6.45) is 12.5. The molecule has 0 aromatic carbocycles. The topological polar surface area (TPSA) is 0 Å². The zero-order valence-corrected chi connectivity index (χ0v) is 13.4. The first-order valence-corrected chi connectivity index (χ1v) is 7.99. The van der Waals surface area contributed by atoms with Crippen LogP contribution in [-0.4, -0.2) is 0 Å². The Morgan fingerprint density at radius 1 is 0.647 bits per heavy atom. The molecule has 0 nitrogen and oxygen atoms in total. The lowest BCUT2D eigenvalue weighted by atomic mass is 9.59. The fourth-order valence-electron chi connectivity index (χ4n) is 3.34. The quantitative estimate of drug-likeness (QED) is 0.378. The Labute approximate surface area is 111 Å². The molecule has 0 rings (SSSR count). The van der Waals surface area contributed by atoms with E-state index in [1.807, 2.05) is 0 Å². The normalized spacial score (nSPS) is 13.1. The highest BCUT2D eigenvalue weighted by molar-refractivity contribution is 4.90. The molecule has 0 aromatic rings. The van der Waals surface area contributed by atoms with E-state index in [1.54, 1.807) is 0 Å². The molecular formula is C17H36. The van der Waals surface area contributed by atoms with E-state index in [0.717, 1.165) is 0 Å². The van der Waals surface area contributed by atoms with Gasteiger partial charge in [0.1, 0.15) is 0 Å². The Balaban J connectivity index is 4.32. The maximum atomic E-state index is 2.48. The summed E-state index contributed by atoms with van der Waals surface area (Å²) in [5, 5.41) is 0. The van der Waals surface area contributed by atoms with Crippen LogP contribution in [0.1, 0.15) is 99.3 Å². The smallest absolute Gasteiger partial charge is 0.0252 e. The van der Waals surface area contributed by atoms with Gasteiger partial charge in [0.15, 0.2) is 0 Å². The second-order valence-electron chi connectivity index (χ2n) is 6.39. The highest BCUT2D eigenvalue weighted by Gasteiger charge is 2.39. The van der Waals surface area contributed by atoms with Crippen molar-refractivity contribution >= 4 is 0 Å². The van der Waals surface area contributed by atoms with Gasteiger partial charge in [0.05, 0.1) is 0 Å². The minimum atomic E-state index is 0.501. The Morgan fingerprint density at radius 3 is 1.59 bits per heavy atom. The highest BCUT2D eigenvalue weighted by atomic mass is 14.4. The molecule has 0 aromatic heterocycles. The van der Waals surface area contributed by atoms with Gasteiger partial charge >= 0.3 is 0 Å². The van der Waals surface area contributed by atoms with Gasteiger partial charge in [-0.3, -0.25) is 0 Å². The second kappa shape index (κ2) is 8.16. The van der Waals surface area contributed by atoms with Crippen molar-refractivity contribution in [3.8, 4) is 0 Å². The number of hydrogen-bond acceptors (Lipinski definition) is 0. The fraction of sp³-hybridized carbons (Fsp3) is 1.00. The van der Waals surface area contributed by atoms with Crippen LogP contribution < -0.4 is 0 Å². The molecule has 0 aliphatic carbocycles. The molecule has 0 radical (unpaired) electrons. The molecule has 0 unspecified atom stereocenters. The van der Waals surface area contributed by atoms with Gasteiger partial charge < -0.3 is 0 Å². The van der Waals surface area contributed by atoms with Crippen LogP contribution in [0.5, 0.6) is 0 Å². The molecule has 0 aliphatic rings. The van der Waals surface area contributed by atoms with Crippen molar-refractivity contribution in [2.75, 3.05) is 0 Å². The lowest BCUT2D eigenvalue weighted by Gasteiger charge is -2.46. The molecule has 0 atom stereocenters. The van der Waals surface area contributed by atoms with Gasteiger partial charge in [-0.25, -0.2) is 0 Å². The third-order valence-corrected chi connectivity index (χ3v) is 5.43. The van der Waals surface area contributed by atoms with E-state index in [1.165, 1.54) is 57.8 Å². The van der Waals surface area contributed by atoms with Crippen LogP contribution in [0.25, 0.3) is 0 Å². The second-order valence-corrected chi connectivity index (χ2v) is 6.39. The Kier molecular flexibility index (Phi) is 8.16. The van der Waals surface area contributed by atoms with Crippen molar-refractivity contribution in [2.45, 2.75) is 99.3 Å². The first-order valence-electron chi connectivity index (χ1n) is 7.99. The van der Waals surface area contributed by atoms with Crippen molar-refractivity contribution in [3.63, 3.8) is 0 Å². The monoisotopic (exact) mass is 240 g/mol. The van der Waals surface area contributed by atoms with Gasteiger partial charge in [0, 0.05) is 0 Å².